The van der Waals surface area contributed by atoms with Crippen molar-refractivity contribution >= 4 is 5.69 Å². The van der Waals surface area contributed by atoms with E-state index in [-0.39, 0.29) is 0 Å². The van der Waals surface area contributed by atoms with Gasteiger partial charge in [0, 0.05) is 23.8 Å². The van der Waals surface area contributed by atoms with Gasteiger partial charge in [-0.15, -0.1) is 6.42 Å². The quantitative estimate of drug-likeness (QED) is 0.831. The molecular formula is C17H24N2. The molecule has 102 valence electrons. The Labute approximate surface area is 117 Å². The number of hydrogen-bond donors (Lipinski definition) is 1. The molecule has 1 heterocycles. The molecule has 0 aromatic heterocycles. The molecule has 1 aromatic carbocycles. The molecule has 2 nitrogen and oxygen atoms in total. The van der Waals surface area contributed by atoms with E-state index in [0.717, 1.165) is 11.3 Å². The van der Waals surface area contributed by atoms with Crippen LogP contribution in [0.3, 0.4) is 0 Å². The van der Waals surface area contributed by atoms with Gasteiger partial charge in [-0.3, -0.25) is 0 Å². The topological polar surface area (TPSA) is 15.3 Å². The molecule has 0 spiro atoms. The van der Waals surface area contributed by atoms with E-state index < -0.39 is 0 Å². The number of nitrogens with zero attached hydrogens (tertiary/aromatic N) is 1. The lowest BCUT2D eigenvalue weighted by Crippen LogP contribution is -2.27. The number of nitrogens with one attached hydrogen (secondary N) is 1. The van der Waals surface area contributed by atoms with Gasteiger partial charge in [-0.2, -0.15) is 0 Å². The van der Waals surface area contributed by atoms with E-state index in [1.807, 2.05) is 12.1 Å². The first-order chi connectivity index (χ1) is 9.31. The summed E-state index contributed by atoms with van der Waals surface area (Å²) in [6, 6.07) is 8.75. The van der Waals surface area contributed by atoms with Crippen LogP contribution in [0.2, 0.25) is 0 Å². The number of anilines is 1. The van der Waals surface area contributed by atoms with Crippen LogP contribution >= 0.6 is 0 Å². The molecule has 0 bridgehead atoms. The third kappa shape index (κ3) is 4.29. The van der Waals surface area contributed by atoms with Crippen molar-refractivity contribution in [3.8, 4) is 12.3 Å². The molecule has 1 aliphatic rings. The molecule has 1 aliphatic heterocycles. The van der Waals surface area contributed by atoms with Crippen LogP contribution in [0, 0.1) is 12.3 Å². The molecule has 1 aromatic rings. The van der Waals surface area contributed by atoms with E-state index in [9.17, 15) is 0 Å². The average Bonchev–Trinajstić information content (AvgIpc) is 2.65. The Morgan fingerprint density at radius 3 is 3.05 bits per heavy atom. The standard InChI is InChI=1S/C17H24N2/c1-3-11-19-12-6-9-16(10-13-19)18-17-8-5-7-15(4-2)14-17/h2,5,7-8,14,16,18H,3,6,9-13H2,1H3. The molecule has 0 amide bonds. The van der Waals surface area contributed by atoms with Gasteiger partial charge in [-0.05, 0) is 57.0 Å². The molecule has 1 atom stereocenters. The summed E-state index contributed by atoms with van der Waals surface area (Å²) >= 11 is 0. The van der Waals surface area contributed by atoms with Gasteiger partial charge < -0.3 is 10.2 Å². The molecule has 0 radical (unpaired) electrons. The van der Waals surface area contributed by atoms with E-state index in [2.05, 4.69) is 35.2 Å². The second kappa shape index (κ2) is 7.21. The zero-order valence-electron chi connectivity index (χ0n) is 11.9. The van der Waals surface area contributed by atoms with Crippen molar-refractivity contribution < 1.29 is 0 Å². The first-order valence-electron chi connectivity index (χ1n) is 7.37. The largest absolute Gasteiger partial charge is 0.382 e. The van der Waals surface area contributed by atoms with Crippen LogP contribution in [-0.4, -0.2) is 30.6 Å². The number of likely N-dealkylation sites (tertiary alicyclic amines) is 1. The summed E-state index contributed by atoms with van der Waals surface area (Å²) in [7, 11) is 0. The predicted octanol–water partition coefficient (Wildman–Crippen LogP) is 3.34. The normalized spacial score (nSPS) is 20.5. The van der Waals surface area contributed by atoms with Crippen LogP contribution in [0.5, 0.6) is 0 Å². The van der Waals surface area contributed by atoms with E-state index in [0.29, 0.717) is 6.04 Å². The maximum atomic E-state index is 5.44. The van der Waals surface area contributed by atoms with Crippen LogP contribution in [0.15, 0.2) is 24.3 Å². The van der Waals surface area contributed by atoms with Gasteiger partial charge in [0.25, 0.3) is 0 Å². The van der Waals surface area contributed by atoms with E-state index in [1.165, 1.54) is 45.3 Å². The smallest absolute Gasteiger partial charge is 0.0354 e. The van der Waals surface area contributed by atoms with E-state index in [1.54, 1.807) is 0 Å². The zero-order chi connectivity index (χ0) is 13.5. The Morgan fingerprint density at radius 1 is 1.37 bits per heavy atom. The number of rotatable bonds is 4. The Bertz CT molecular complexity index is 433. The molecule has 1 unspecified atom stereocenters. The fraction of sp³-hybridized carbons (Fsp3) is 0.529. The summed E-state index contributed by atoms with van der Waals surface area (Å²) in [5, 5.41) is 3.64. The lowest BCUT2D eigenvalue weighted by Gasteiger charge is -2.20. The van der Waals surface area contributed by atoms with Crippen LogP contribution < -0.4 is 5.32 Å². The molecule has 1 N–H and O–H groups in total. The third-order valence-electron chi connectivity index (χ3n) is 3.76. The average molecular weight is 256 g/mol. The molecule has 19 heavy (non-hydrogen) atoms. The highest BCUT2D eigenvalue weighted by molar-refractivity contribution is 5.50. The fourth-order valence-corrected chi connectivity index (χ4v) is 2.77. The maximum Gasteiger partial charge on any atom is 0.0354 e. The highest BCUT2D eigenvalue weighted by atomic mass is 15.1. The monoisotopic (exact) mass is 256 g/mol. The van der Waals surface area contributed by atoms with Crippen LogP contribution in [0.25, 0.3) is 0 Å². The summed E-state index contributed by atoms with van der Waals surface area (Å²) in [5.74, 6) is 2.69. The second-order valence-corrected chi connectivity index (χ2v) is 5.34. The lowest BCUT2D eigenvalue weighted by atomic mass is 10.1. The lowest BCUT2D eigenvalue weighted by molar-refractivity contribution is 0.285. The van der Waals surface area contributed by atoms with Crippen molar-refractivity contribution in [1.29, 1.82) is 0 Å². The highest BCUT2D eigenvalue weighted by Gasteiger charge is 2.16. The van der Waals surface area contributed by atoms with Crippen molar-refractivity contribution in [2.75, 3.05) is 25.0 Å². The van der Waals surface area contributed by atoms with Gasteiger partial charge in [-0.25, -0.2) is 0 Å². The molecule has 2 rings (SSSR count). The maximum absolute atomic E-state index is 5.44. The van der Waals surface area contributed by atoms with Gasteiger partial charge in [0.15, 0.2) is 0 Å². The van der Waals surface area contributed by atoms with Crippen molar-refractivity contribution in [3.63, 3.8) is 0 Å². The molecule has 0 saturated carbocycles. The number of benzene rings is 1. The third-order valence-corrected chi connectivity index (χ3v) is 3.76. The molecular weight excluding hydrogens is 232 g/mol. The van der Waals surface area contributed by atoms with Crippen LogP contribution in [-0.2, 0) is 0 Å². The van der Waals surface area contributed by atoms with Crippen molar-refractivity contribution in [1.82, 2.24) is 4.90 Å². The molecule has 2 heteroatoms. The zero-order valence-corrected chi connectivity index (χ0v) is 11.9. The fourth-order valence-electron chi connectivity index (χ4n) is 2.77. The minimum atomic E-state index is 0.579. The molecule has 1 saturated heterocycles. The summed E-state index contributed by atoms with van der Waals surface area (Å²) < 4.78 is 0. The van der Waals surface area contributed by atoms with E-state index in [4.69, 9.17) is 6.42 Å². The van der Waals surface area contributed by atoms with Gasteiger partial charge in [-0.1, -0.05) is 18.9 Å². The van der Waals surface area contributed by atoms with Gasteiger partial charge in [0.05, 0.1) is 0 Å². The minimum Gasteiger partial charge on any atom is -0.382 e. The van der Waals surface area contributed by atoms with Gasteiger partial charge >= 0.3 is 0 Å². The Balaban J connectivity index is 1.90. The summed E-state index contributed by atoms with van der Waals surface area (Å²) in [6.45, 7) is 5.95. The Hall–Kier alpha value is -1.46. The van der Waals surface area contributed by atoms with Gasteiger partial charge in [0.2, 0.25) is 0 Å². The van der Waals surface area contributed by atoms with Crippen molar-refractivity contribution in [2.24, 2.45) is 0 Å². The summed E-state index contributed by atoms with van der Waals surface area (Å²) in [6.07, 6.45) is 10.5. The highest BCUT2D eigenvalue weighted by Crippen LogP contribution is 2.18. The second-order valence-electron chi connectivity index (χ2n) is 5.34. The SMILES string of the molecule is C#Cc1cccc(NC2CCCN(CCC)CC2)c1. The minimum absolute atomic E-state index is 0.579. The molecule has 0 aliphatic carbocycles. The van der Waals surface area contributed by atoms with Crippen LogP contribution in [0.1, 0.15) is 38.2 Å². The van der Waals surface area contributed by atoms with E-state index >= 15 is 0 Å². The predicted molar refractivity (Wildman–Crippen MR) is 82.4 cm³/mol. The first-order valence-corrected chi connectivity index (χ1v) is 7.37. The van der Waals surface area contributed by atoms with Crippen LogP contribution in [0.4, 0.5) is 5.69 Å². The Morgan fingerprint density at radius 2 is 2.26 bits per heavy atom. The van der Waals surface area contributed by atoms with Crippen molar-refractivity contribution in [2.45, 2.75) is 38.6 Å². The molecule has 1 fully saturated rings. The Kier molecular flexibility index (Phi) is 5.30. The number of hydrogen-bond acceptors (Lipinski definition) is 2. The summed E-state index contributed by atoms with van der Waals surface area (Å²) in [5.41, 5.74) is 2.11. The first kappa shape index (κ1) is 14.0. The van der Waals surface area contributed by atoms with Gasteiger partial charge in [0.1, 0.15) is 0 Å². The number of terminal acetylenes is 1. The summed E-state index contributed by atoms with van der Waals surface area (Å²) in [4.78, 5) is 2.58. The van der Waals surface area contributed by atoms with Crippen molar-refractivity contribution in [3.05, 3.63) is 29.8 Å².